The van der Waals surface area contributed by atoms with Gasteiger partial charge in [-0.2, -0.15) is 0 Å². The largest absolute Gasteiger partial charge is 0.494 e. The number of benzene rings is 1. The van der Waals surface area contributed by atoms with Crippen LogP contribution in [0.5, 0.6) is 5.75 Å². The SMILES string of the molecule is CCOC1OC(=O)C[C@@H]1NC(=O)C1CCCN2C(=O)CCC(NC(=O)c3cc(Cl)c(OC)c(Cl)c3)C(=O)N12. The summed E-state index contributed by atoms with van der Waals surface area (Å²) in [5.41, 5.74) is 0.0989. The van der Waals surface area contributed by atoms with Crippen molar-refractivity contribution in [1.29, 1.82) is 0 Å². The molecule has 2 N–H and O–H groups in total. The number of fused-ring (bicyclic) bond motifs is 1. The molecule has 14 heteroatoms. The van der Waals surface area contributed by atoms with Crippen LogP contribution in [0.25, 0.3) is 0 Å². The van der Waals surface area contributed by atoms with Gasteiger partial charge in [-0.05, 0) is 38.3 Å². The monoisotopic (exact) mass is 570 g/mol. The molecule has 0 bridgehead atoms. The van der Waals surface area contributed by atoms with Crippen LogP contribution >= 0.6 is 23.2 Å². The predicted molar refractivity (Wildman–Crippen MR) is 133 cm³/mol. The van der Waals surface area contributed by atoms with Gasteiger partial charge in [-0.1, -0.05) is 23.2 Å². The number of nitrogens with zero attached hydrogens (tertiary/aromatic N) is 2. The van der Waals surface area contributed by atoms with Crippen LogP contribution in [0, 0.1) is 0 Å². The van der Waals surface area contributed by atoms with Gasteiger partial charge in [0, 0.05) is 25.1 Å². The number of esters is 1. The van der Waals surface area contributed by atoms with E-state index in [9.17, 15) is 24.0 Å². The molecule has 0 radical (unpaired) electrons. The molecule has 3 aliphatic heterocycles. The van der Waals surface area contributed by atoms with E-state index in [1.54, 1.807) is 6.92 Å². The Balaban J connectivity index is 1.53. The Morgan fingerprint density at radius 1 is 1.13 bits per heavy atom. The number of cyclic esters (lactones) is 1. The zero-order chi connectivity index (χ0) is 27.6. The van der Waals surface area contributed by atoms with Crippen LogP contribution < -0.4 is 15.4 Å². The smallest absolute Gasteiger partial charge is 0.310 e. The lowest BCUT2D eigenvalue weighted by atomic mass is 10.0. The van der Waals surface area contributed by atoms with Crippen LogP contribution in [0.2, 0.25) is 10.0 Å². The second-order valence-corrected chi connectivity index (χ2v) is 9.84. The molecule has 1 aromatic carbocycles. The quantitative estimate of drug-likeness (QED) is 0.468. The van der Waals surface area contributed by atoms with Gasteiger partial charge in [0.25, 0.3) is 11.8 Å². The molecule has 38 heavy (non-hydrogen) atoms. The van der Waals surface area contributed by atoms with Gasteiger partial charge in [0.05, 0.1) is 23.6 Å². The number of nitrogens with one attached hydrogen (secondary N) is 2. The molecule has 206 valence electrons. The van der Waals surface area contributed by atoms with E-state index in [1.165, 1.54) is 24.3 Å². The number of hydrazine groups is 1. The molecule has 1 aromatic rings. The van der Waals surface area contributed by atoms with Crippen LogP contribution in [-0.4, -0.2) is 84.3 Å². The van der Waals surface area contributed by atoms with Crippen LogP contribution in [0.3, 0.4) is 0 Å². The van der Waals surface area contributed by atoms with E-state index in [0.717, 1.165) is 5.01 Å². The Hall–Kier alpha value is -3.09. The van der Waals surface area contributed by atoms with Crippen LogP contribution in [0.1, 0.15) is 49.4 Å². The fourth-order valence-electron chi connectivity index (χ4n) is 4.78. The first kappa shape index (κ1) is 27.9. The zero-order valence-corrected chi connectivity index (χ0v) is 22.3. The molecular weight excluding hydrogens is 543 g/mol. The van der Waals surface area contributed by atoms with Crippen LogP contribution in [-0.2, 0) is 28.7 Å². The van der Waals surface area contributed by atoms with Crippen molar-refractivity contribution in [2.45, 2.75) is 63.4 Å². The van der Waals surface area contributed by atoms with E-state index in [0.29, 0.717) is 6.42 Å². The van der Waals surface area contributed by atoms with Crippen molar-refractivity contribution in [1.82, 2.24) is 20.7 Å². The summed E-state index contributed by atoms with van der Waals surface area (Å²) in [5.74, 6) is -2.43. The molecule has 4 atom stereocenters. The number of carbonyl (C=O) groups excluding carboxylic acids is 5. The first-order chi connectivity index (χ1) is 18.1. The summed E-state index contributed by atoms with van der Waals surface area (Å²) in [7, 11) is 1.39. The van der Waals surface area contributed by atoms with Crippen molar-refractivity contribution in [3.05, 3.63) is 27.7 Å². The molecule has 3 fully saturated rings. The second kappa shape index (κ2) is 11.7. The lowest BCUT2D eigenvalue weighted by Gasteiger charge is -2.43. The third-order valence-electron chi connectivity index (χ3n) is 6.56. The van der Waals surface area contributed by atoms with Crippen LogP contribution in [0.15, 0.2) is 12.1 Å². The number of rotatable bonds is 7. The molecule has 0 aliphatic carbocycles. The number of halogens is 2. The topological polar surface area (TPSA) is 144 Å². The summed E-state index contributed by atoms with van der Waals surface area (Å²) in [6.45, 7) is 2.26. The number of ether oxygens (including phenoxy) is 3. The number of carbonyl (C=O) groups is 5. The van der Waals surface area contributed by atoms with Crippen molar-refractivity contribution >= 4 is 52.8 Å². The van der Waals surface area contributed by atoms with Gasteiger partial charge >= 0.3 is 5.97 Å². The Morgan fingerprint density at radius 2 is 1.84 bits per heavy atom. The molecule has 4 amide bonds. The molecular formula is C24H28Cl2N4O8. The molecule has 0 aromatic heterocycles. The van der Waals surface area contributed by atoms with Gasteiger partial charge in [0.2, 0.25) is 18.1 Å². The van der Waals surface area contributed by atoms with Gasteiger partial charge in [-0.15, -0.1) is 0 Å². The molecule has 0 spiro atoms. The van der Waals surface area contributed by atoms with Crippen molar-refractivity contribution in [2.75, 3.05) is 20.3 Å². The van der Waals surface area contributed by atoms with Crippen LogP contribution in [0.4, 0.5) is 0 Å². The lowest BCUT2D eigenvalue weighted by Crippen LogP contribution is -2.64. The minimum absolute atomic E-state index is 0.0109. The highest BCUT2D eigenvalue weighted by Crippen LogP contribution is 2.34. The summed E-state index contributed by atoms with van der Waals surface area (Å²) in [5, 5.41) is 8.01. The highest BCUT2D eigenvalue weighted by atomic mass is 35.5. The average molecular weight is 571 g/mol. The first-order valence-corrected chi connectivity index (χ1v) is 13.0. The van der Waals surface area contributed by atoms with Crippen molar-refractivity contribution < 1.29 is 38.2 Å². The van der Waals surface area contributed by atoms with Gasteiger partial charge in [-0.3, -0.25) is 29.0 Å². The van der Waals surface area contributed by atoms with Gasteiger partial charge in [0.1, 0.15) is 18.1 Å². The lowest BCUT2D eigenvalue weighted by molar-refractivity contribution is -0.177. The third kappa shape index (κ3) is 5.67. The summed E-state index contributed by atoms with van der Waals surface area (Å²) >= 11 is 12.3. The molecule has 4 rings (SSSR count). The maximum atomic E-state index is 13.7. The molecule has 3 aliphatic rings. The summed E-state index contributed by atoms with van der Waals surface area (Å²) in [4.78, 5) is 64.7. The summed E-state index contributed by atoms with van der Waals surface area (Å²) in [6.07, 6.45) is -0.212. The summed E-state index contributed by atoms with van der Waals surface area (Å²) < 4.78 is 15.6. The minimum atomic E-state index is -1.09. The zero-order valence-electron chi connectivity index (χ0n) is 20.8. The maximum Gasteiger partial charge on any atom is 0.310 e. The van der Waals surface area contributed by atoms with Crippen molar-refractivity contribution in [3.8, 4) is 5.75 Å². The highest BCUT2D eigenvalue weighted by molar-refractivity contribution is 6.37. The molecule has 3 unspecified atom stereocenters. The standard InChI is InChI=1S/C24H28Cl2N4O8/c1-3-37-24-16(11-19(32)38-24)28-22(34)17-5-4-8-29-18(31)7-6-15(23(35)30(17)29)27-21(33)12-9-13(25)20(36-2)14(26)10-12/h9-10,15-17,24H,3-8,11H2,1-2H3,(H,27,33)(H,28,34)/t15?,16-,17?,24?/m0/s1. The third-order valence-corrected chi connectivity index (χ3v) is 7.12. The van der Waals surface area contributed by atoms with Gasteiger partial charge in [0.15, 0.2) is 5.75 Å². The van der Waals surface area contributed by atoms with E-state index in [-0.39, 0.29) is 66.1 Å². The number of hydrogen-bond acceptors (Lipinski definition) is 8. The maximum absolute atomic E-state index is 13.7. The molecule has 0 saturated carbocycles. The fraction of sp³-hybridized carbons (Fsp3) is 0.542. The number of hydrogen-bond donors (Lipinski definition) is 2. The van der Waals surface area contributed by atoms with E-state index < -0.39 is 48.1 Å². The van der Waals surface area contributed by atoms with E-state index in [1.807, 2.05) is 0 Å². The summed E-state index contributed by atoms with van der Waals surface area (Å²) in [6, 6.07) is -0.130. The minimum Gasteiger partial charge on any atom is -0.494 e. The van der Waals surface area contributed by atoms with E-state index >= 15 is 0 Å². The van der Waals surface area contributed by atoms with Crippen molar-refractivity contribution in [2.24, 2.45) is 0 Å². The Labute approximate surface area is 228 Å². The Kier molecular flexibility index (Phi) is 8.64. The predicted octanol–water partition coefficient (Wildman–Crippen LogP) is 1.42. The first-order valence-electron chi connectivity index (χ1n) is 12.2. The van der Waals surface area contributed by atoms with E-state index in [4.69, 9.17) is 37.4 Å². The Bertz CT molecular complexity index is 1130. The average Bonchev–Trinajstić information content (AvgIpc) is 3.17. The normalized spacial score (nSPS) is 25.4. The van der Waals surface area contributed by atoms with Gasteiger partial charge in [-0.25, -0.2) is 5.01 Å². The fourth-order valence-corrected chi connectivity index (χ4v) is 5.42. The van der Waals surface area contributed by atoms with Gasteiger partial charge < -0.3 is 24.8 Å². The Morgan fingerprint density at radius 3 is 2.50 bits per heavy atom. The van der Waals surface area contributed by atoms with E-state index in [2.05, 4.69) is 10.6 Å². The molecule has 3 heterocycles. The second-order valence-electron chi connectivity index (χ2n) is 9.03. The molecule has 3 saturated heterocycles. The number of amides is 4. The number of methoxy groups -OCH3 is 1. The molecule has 12 nitrogen and oxygen atoms in total. The highest BCUT2D eigenvalue weighted by Gasteiger charge is 2.46. The van der Waals surface area contributed by atoms with Crippen molar-refractivity contribution in [3.63, 3.8) is 0 Å².